The standard InChI is InChI=1S/C19H23FN4O/c1-12-7-8-17(15(20)10-12)24-16-6-2-5-14(16)18(23-24)19(25)22-11-13-4-3-9-21-13/h7-8,10,13,21H,2-6,9,11H2,1H3,(H,22,25). The molecule has 2 aliphatic rings. The average Bonchev–Trinajstić information content (AvgIpc) is 3.31. The first-order valence-electron chi connectivity index (χ1n) is 9.02. The van der Waals surface area contributed by atoms with E-state index in [-0.39, 0.29) is 11.7 Å². The Hall–Kier alpha value is -2.21. The molecule has 1 aliphatic carbocycles. The van der Waals surface area contributed by atoms with Crippen LogP contribution in [0.4, 0.5) is 4.39 Å². The fourth-order valence-electron chi connectivity index (χ4n) is 3.83. The molecule has 1 saturated heterocycles. The monoisotopic (exact) mass is 342 g/mol. The number of halogens is 1. The van der Waals surface area contributed by atoms with Crippen molar-refractivity contribution in [1.29, 1.82) is 0 Å². The van der Waals surface area contributed by atoms with Crippen molar-refractivity contribution in [3.63, 3.8) is 0 Å². The van der Waals surface area contributed by atoms with Gasteiger partial charge in [-0.05, 0) is 63.3 Å². The van der Waals surface area contributed by atoms with Crippen LogP contribution in [0.2, 0.25) is 0 Å². The van der Waals surface area contributed by atoms with Gasteiger partial charge in [0, 0.05) is 23.8 Å². The molecule has 2 N–H and O–H groups in total. The number of fused-ring (bicyclic) bond motifs is 1. The molecule has 6 heteroatoms. The van der Waals surface area contributed by atoms with E-state index in [1.165, 1.54) is 6.07 Å². The van der Waals surface area contributed by atoms with Gasteiger partial charge in [0.1, 0.15) is 11.5 Å². The van der Waals surface area contributed by atoms with E-state index in [9.17, 15) is 9.18 Å². The number of aromatic nitrogens is 2. The second-order valence-corrected chi connectivity index (χ2v) is 7.00. The van der Waals surface area contributed by atoms with Crippen LogP contribution in [0.25, 0.3) is 5.69 Å². The van der Waals surface area contributed by atoms with Crippen LogP contribution in [0.3, 0.4) is 0 Å². The van der Waals surface area contributed by atoms with Crippen molar-refractivity contribution in [1.82, 2.24) is 20.4 Å². The number of hydrogen-bond donors (Lipinski definition) is 2. The number of rotatable bonds is 4. The van der Waals surface area contributed by atoms with E-state index in [1.54, 1.807) is 10.7 Å². The summed E-state index contributed by atoms with van der Waals surface area (Å²) >= 11 is 0. The molecule has 1 aromatic heterocycles. The molecule has 25 heavy (non-hydrogen) atoms. The van der Waals surface area contributed by atoms with E-state index in [0.29, 0.717) is 24.0 Å². The van der Waals surface area contributed by atoms with Gasteiger partial charge >= 0.3 is 0 Å². The number of hydrogen-bond acceptors (Lipinski definition) is 3. The molecule has 1 aromatic carbocycles. The number of carbonyl (C=O) groups excluding carboxylic acids is 1. The normalized spacial score (nSPS) is 19.2. The number of nitrogens with zero attached hydrogens (tertiary/aromatic N) is 2. The molecule has 0 radical (unpaired) electrons. The van der Waals surface area contributed by atoms with E-state index in [0.717, 1.165) is 55.5 Å². The number of nitrogens with one attached hydrogen (secondary N) is 2. The summed E-state index contributed by atoms with van der Waals surface area (Å²) in [6.45, 7) is 3.48. The molecule has 1 unspecified atom stereocenters. The van der Waals surface area contributed by atoms with Crippen molar-refractivity contribution in [2.75, 3.05) is 13.1 Å². The fourth-order valence-corrected chi connectivity index (χ4v) is 3.83. The van der Waals surface area contributed by atoms with Crippen LogP contribution in [-0.2, 0) is 12.8 Å². The Labute approximate surface area is 146 Å². The highest BCUT2D eigenvalue weighted by Crippen LogP contribution is 2.29. The third-order valence-electron chi connectivity index (χ3n) is 5.15. The molecular formula is C19H23FN4O. The van der Waals surface area contributed by atoms with Gasteiger partial charge in [-0.25, -0.2) is 9.07 Å². The van der Waals surface area contributed by atoms with Crippen molar-refractivity contribution in [2.45, 2.75) is 45.1 Å². The molecule has 132 valence electrons. The molecule has 4 rings (SSSR count). The second kappa shape index (κ2) is 6.59. The first-order chi connectivity index (χ1) is 12.1. The third kappa shape index (κ3) is 3.06. The Balaban J connectivity index is 1.62. The second-order valence-electron chi connectivity index (χ2n) is 7.00. The lowest BCUT2D eigenvalue weighted by Crippen LogP contribution is -2.37. The Morgan fingerprint density at radius 1 is 1.40 bits per heavy atom. The van der Waals surface area contributed by atoms with E-state index in [1.807, 2.05) is 13.0 Å². The molecule has 1 fully saturated rings. The zero-order valence-electron chi connectivity index (χ0n) is 14.4. The Morgan fingerprint density at radius 2 is 2.28 bits per heavy atom. The van der Waals surface area contributed by atoms with Crippen LogP contribution >= 0.6 is 0 Å². The van der Waals surface area contributed by atoms with Crippen molar-refractivity contribution in [3.8, 4) is 5.69 Å². The fraction of sp³-hybridized carbons (Fsp3) is 0.474. The van der Waals surface area contributed by atoms with Crippen molar-refractivity contribution >= 4 is 5.91 Å². The molecule has 2 heterocycles. The molecule has 1 amide bonds. The molecule has 0 saturated carbocycles. The summed E-state index contributed by atoms with van der Waals surface area (Å²) in [5.41, 5.74) is 3.67. The Morgan fingerprint density at radius 3 is 3.04 bits per heavy atom. The predicted molar refractivity (Wildman–Crippen MR) is 93.6 cm³/mol. The lowest BCUT2D eigenvalue weighted by atomic mass is 10.1. The van der Waals surface area contributed by atoms with Gasteiger partial charge in [0.15, 0.2) is 5.69 Å². The first-order valence-corrected chi connectivity index (χ1v) is 9.02. The molecule has 5 nitrogen and oxygen atoms in total. The van der Waals surface area contributed by atoms with Crippen LogP contribution < -0.4 is 10.6 Å². The van der Waals surface area contributed by atoms with Gasteiger partial charge in [0.2, 0.25) is 0 Å². The zero-order chi connectivity index (χ0) is 17.4. The van der Waals surface area contributed by atoms with Crippen LogP contribution in [0.15, 0.2) is 18.2 Å². The van der Waals surface area contributed by atoms with Gasteiger partial charge < -0.3 is 10.6 Å². The topological polar surface area (TPSA) is 59.0 Å². The lowest BCUT2D eigenvalue weighted by Gasteiger charge is -2.11. The molecule has 0 spiro atoms. The molecule has 1 atom stereocenters. The number of benzene rings is 1. The maximum Gasteiger partial charge on any atom is 0.272 e. The van der Waals surface area contributed by atoms with Crippen molar-refractivity contribution in [2.24, 2.45) is 0 Å². The molecule has 0 bridgehead atoms. The van der Waals surface area contributed by atoms with Crippen LogP contribution in [0.5, 0.6) is 0 Å². The molecule has 1 aliphatic heterocycles. The maximum absolute atomic E-state index is 14.4. The molecular weight excluding hydrogens is 319 g/mol. The van der Waals surface area contributed by atoms with Gasteiger partial charge in [0.05, 0.1) is 0 Å². The number of aryl methyl sites for hydroxylation is 1. The summed E-state index contributed by atoms with van der Waals surface area (Å²) in [7, 11) is 0. The highest BCUT2D eigenvalue weighted by atomic mass is 19.1. The van der Waals surface area contributed by atoms with Crippen LogP contribution in [0, 0.1) is 12.7 Å². The van der Waals surface area contributed by atoms with Gasteiger partial charge in [-0.1, -0.05) is 6.07 Å². The van der Waals surface area contributed by atoms with Gasteiger partial charge in [-0.15, -0.1) is 0 Å². The average molecular weight is 342 g/mol. The Bertz CT molecular complexity index is 808. The van der Waals surface area contributed by atoms with Gasteiger partial charge in [-0.3, -0.25) is 4.79 Å². The minimum Gasteiger partial charge on any atom is -0.349 e. The van der Waals surface area contributed by atoms with E-state index < -0.39 is 0 Å². The summed E-state index contributed by atoms with van der Waals surface area (Å²) in [5, 5.41) is 10.8. The SMILES string of the molecule is Cc1ccc(-n2nc(C(=O)NCC3CCCN3)c3c2CCC3)c(F)c1. The minimum atomic E-state index is -0.306. The summed E-state index contributed by atoms with van der Waals surface area (Å²) in [5.74, 6) is -0.461. The zero-order valence-corrected chi connectivity index (χ0v) is 14.4. The highest BCUT2D eigenvalue weighted by Gasteiger charge is 2.28. The summed E-state index contributed by atoms with van der Waals surface area (Å²) < 4.78 is 16.0. The Kier molecular flexibility index (Phi) is 4.29. The third-order valence-corrected chi connectivity index (χ3v) is 5.15. The van der Waals surface area contributed by atoms with E-state index in [2.05, 4.69) is 15.7 Å². The quantitative estimate of drug-likeness (QED) is 0.896. The number of amides is 1. The maximum atomic E-state index is 14.4. The minimum absolute atomic E-state index is 0.155. The smallest absolute Gasteiger partial charge is 0.272 e. The number of carbonyl (C=O) groups is 1. The first kappa shape index (κ1) is 16.3. The van der Waals surface area contributed by atoms with E-state index in [4.69, 9.17) is 0 Å². The van der Waals surface area contributed by atoms with Crippen LogP contribution in [0.1, 0.15) is 46.6 Å². The summed E-state index contributed by atoms with van der Waals surface area (Å²) in [4.78, 5) is 12.6. The van der Waals surface area contributed by atoms with Crippen molar-refractivity contribution < 1.29 is 9.18 Å². The summed E-state index contributed by atoms with van der Waals surface area (Å²) in [6, 6.07) is 5.45. The highest BCUT2D eigenvalue weighted by molar-refractivity contribution is 5.94. The van der Waals surface area contributed by atoms with Crippen molar-refractivity contribution in [3.05, 3.63) is 46.5 Å². The van der Waals surface area contributed by atoms with Crippen LogP contribution in [-0.4, -0.2) is 34.8 Å². The van der Waals surface area contributed by atoms with Gasteiger partial charge in [0.25, 0.3) is 5.91 Å². The predicted octanol–water partition coefficient (Wildman–Crippen LogP) is 2.29. The van der Waals surface area contributed by atoms with Gasteiger partial charge in [-0.2, -0.15) is 5.10 Å². The summed E-state index contributed by atoms with van der Waals surface area (Å²) in [6.07, 6.45) is 4.87. The van der Waals surface area contributed by atoms with E-state index >= 15 is 0 Å². The lowest BCUT2D eigenvalue weighted by molar-refractivity contribution is 0.0944. The largest absolute Gasteiger partial charge is 0.349 e. The molecule has 2 aromatic rings.